The Balaban J connectivity index is 2.45. The van der Waals surface area contributed by atoms with Crippen molar-refractivity contribution in [2.24, 2.45) is 0 Å². The van der Waals surface area contributed by atoms with Crippen molar-refractivity contribution in [2.45, 2.75) is 13.3 Å². The Hall–Kier alpha value is 0.137. The minimum Gasteiger partial charge on any atom is -0.406 e. The van der Waals surface area contributed by atoms with Crippen LogP contribution in [0.25, 0.3) is 0 Å². The van der Waals surface area contributed by atoms with E-state index in [4.69, 9.17) is 4.43 Å². The lowest BCUT2D eigenvalue weighted by Crippen LogP contribution is -2.21. The molecule has 0 aliphatic rings. The summed E-state index contributed by atoms with van der Waals surface area (Å²) in [6, 6.07) is 0. The van der Waals surface area contributed by atoms with Crippen LogP contribution in [0, 0.1) is 0 Å². The van der Waals surface area contributed by atoms with E-state index in [1.54, 1.807) is 7.11 Å². The summed E-state index contributed by atoms with van der Waals surface area (Å²) < 4.78 is 4.76. The van der Waals surface area contributed by atoms with Crippen molar-refractivity contribution in [3.05, 3.63) is 0 Å². The van der Waals surface area contributed by atoms with Crippen LogP contribution in [0.3, 0.4) is 0 Å². The van der Waals surface area contributed by atoms with E-state index in [-0.39, 0.29) is 0 Å². The highest BCUT2D eigenvalue weighted by atomic mass is 28.2. The van der Waals surface area contributed by atoms with Crippen molar-refractivity contribution in [3.8, 4) is 0 Å². The van der Waals surface area contributed by atoms with Crippen molar-refractivity contribution >= 4 is 9.92 Å². The zero-order chi connectivity index (χ0) is 5.54. The average molecular weight is 117 g/mol. The van der Waals surface area contributed by atoms with Crippen LogP contribution in [0.1, 0.15) is 13.3 Å². The zero-order valence-corrected chi connectivity index (χ0v) is 5.82. The van der Waals surface area contributed by atoms with Gasteiger partial charge in [0.1, 0.15) is 0 Å². The van der Waals surface area contributed by atoms with Gasteiger partial charge in [0.2, 0.25) is 0 Å². The van der Waals surface area contributed by atoms with E-state index in [1.807, 2.05) is 0 Å². The van der Waals surface area contributed by atoms with Gasteiger partial charge < -0.3 is 9.41 Å². The molecule has 0 aromatic carbocycles. The minimum atomic E-state index is 0.472. The Labute approximate surface area is 47.3 Å². The van der Waals surface area contributed by atoms with Crippen LogP contribution in [0.4, 0.5) is 0 Å². The van der Waals surface area contributed by atoms with Gasteiger partial charge in [-0.2, -0.15) is 0 Å². The predicted molar refractivity (Wildman–Crippen MR) is 31.1 cm³/mol. The van der Waals surface area contributed by atoms with E-state index < -0.39 is 0 Å². The number of nitrogens with one attached hydrogen (secondary N) is 1. The molecule has 0 amide bonds. The summed E-state index contributed by atoms with van der Waals surface area (Å²) in [6.45, 7) is 3.19. The van der Waals surface area contributed by atoms with Crippen LogP contribution in [-0.2, 0) is 4.43 Å². The smallest absolute Gasteiger partial charge is 0.337 e. The molecule has 0 spiro atoms. The van der Waals surface area contributed by atoms with E-state index in [0.717, 1.165) is 6.54 Å². The molecule has 0 aromatic rings. The third-order valence-electron chi connectivity index (χ3n) is 0.549. The van der Waals surface area contributed by atoms with Gasteiger partial charge in [-0.15, -0.1) is 0 Å². The quantitative estimate of drug-likeness (QED) is 0.418. The maximum Gasteiger partial charge on any atom is 0.337 e. The second kappa shape index (κ2) is 6.14. The normalized spacial score (nSPS) is 9.43. The second-order valence-electron chi connectivity index (χ2n) is 1.23. The Morgan fingerprint density at radius 1 is 1.71 bits per heavy atom. The summed E-state index contributed by atoms with van der Waals surface area (Å²) in [4.78, 5) is 3.09. The molecule has 0 aromatic heterocycles. The van der Waals surface area contributed by atoms with Gasteiger partial charge in [0.25, 0.3) is 0 Å². The lowest BCUT2D eigenvalue weighted by Gasteiger charge is -1.93. The third-order valence-corrected chi connectivity index (χ3v) is 1.15. The fourth-order valence-corrected chi connectivity index (χ4v) is 0.745. The minimum absolute atomic E-state index is 0.472. The molecular weight excluding hydrogens is 106 g/mol. The molecule has 2 radical (unpaired) electrons. The molecule has 0 bridgehead atoms. The molecule has 7 heavy (non-hydrogen) atoms. The van der Waals surface area contributed by atoms with Crippen molar-refractivity contribution in [1.29, 1.82) is 0 Å². The molecular formula is C4H11NOSi. The third kappa shape index (κ3) is 6.14. The van der Waals surface area contributed by atoms with Gasteiger partial charge >= 0.3 is 9.92 Å². The molecule has 0 fully saturated rings. The van der Waals surface area contributed by atoms with Gasteiger partial charge in [-0.25, -0.2) is 0 Å². The first kappa shape index (κ1) is 7.14. The van der Waals surface area contributed by atoms with Crippen LogP contribution < -0.4 is 4.98 Å². The summed E-state index contributed by atoms with van der Waals surface area (Å²) in [6.07, 6.45) is 1.18. The Morgan fingerprint density at radius 2 is 2.43 bits per heavy atom. The lowest BCUT2D eigenvalue weighted by atomic mass is 10.5. The van der Waals surface area contributed by atoms with E-state index in [0.29, 0.717) is 9.92 Å². The molecule has 1 N–H and O–H groups in total. The highest BCUT2D eigenvalue weighted by molar-refractivity contribution is 6.23. The Bertz CT molecular complexity index is 30.9. The summed E-state index contributed by atoms with van der Waals surface area (Å²) in [5, 5.41) is 0. The first-order valence-electron chi connectivity index (χ1n) is 2.42. The van der Waals surface area contributed by atoms with E-state index >= 15 is 0 Å². The molecule has 0 saturated heterocycles. The summed E-state index contributed by atoms with van der Waals surface area (Å²) in [7, 11) is 2.17. The molecule has 0 unspecified atom stereocenters. The molecule has 0 aliphatic carbocycles. The van der Waals surface area contributed by atoms with Gasteiger partial charge in [-0.05, 0) is 13.0 Å². The van der Waals surface area contributed by atoms with E-state index in [9.17, 15) is 0 Å². The van der Waals surface area contributed by atoms with Crippen LogP contribution in [-0.4, -0.2) is 23.6 Å². The summed E-state index contributed by atoms with van der Waals surface area (Å²) in [5.41, 5.74) is 0. The highest BCUT2D eigenvalue weighted by Gasteiger charge is 1.81. The molecule has 0 heterocycles. The monoisotopic (exact) mass is 117 g/mol. The first-order chi connectivity index (χ1) is 3.41. The Morgan fingerprint density at radius 3 is 2.86 bits per heavy atom. The number of rotatable bonds is 4. The summed E-state index contributed by atoms with van der Waals surface area (Å²) in [5.74, 6) is 0. The summed E-state index contributed by atoms with van der Waals surface area (Å²) >= 11 is 0. The van der Waals surface area contributed by atoms with E-state index in [2.05, 4.69) is 11.9 Å². The molecule has 0 aliphatic heterocycles. The first-order valence-corrected chi connectivity index (χ1v) is 3.33. The molecule has 0 saturated carbocycles. The van der Waals surface area contributed by atoms with Crippen molar-refractivity contribution in [2.75, 3.05) is 13.7 Å². The fourth-order valence-electron chi connectivity index (χ4n) is 0.248. The predicted octanol–water partition coefficient (Wildman–Crippen LogP) is 0.167. The van der Waals surface area contributed by atoms with Crippen molar-refractivity contribution < 1.29 is 4.43 Å². The molecule has 42 valence electrons. The maximum absolute atomic E-state index is 4.76. The topological polar surface area (TPSA) is 21.3 Å². The standard InChI is InChI=1S/C4H11NOSi/c1-3-4-5-7-6-2/h5H,3-4H2,1-2H3. The lowest BCUT2D eigenvalue weighted by molar-refractivity contribution is 0.430. The fraction of sp³-hybridized carbons (Fsp3) is 1.00. The number of hydrogen-bond acceptors (Lipinski definition) is 2. The van der Waals surface area contributed by atoms with Gasteiger partial charge in [0.15, 0.2) is 0 Å². The van der Waals surface area contributed by atoms with Crippen LogP contribution in [0.5, 0.6) is 0 Å². The SMILES string of the molecule is CCCN[Si]OC. The second-order valence-corrected chi connectivity index (χ2v) is 2.20. The maximum atomic E-state index is 4.76. The Kier molecular flexibility index (Phi) is 6.26. The number of hydrogen-bond donors (Lipinski definition) is 1. The van der Waals surface area contributed by atoms with E-state index in [1.165, 1.54) is 6.42 Å². The average Bonchev–Trinajstić information content (AvgIpc) is 1.69. The van der Waals surface area contributed by atoms with Crippen LogP contribution >= 0.6 is 0 Å². The molecule has 2 nitrogen and oxygen atoms in total. The molecule has 3 heteroatoms. The van der Waals surface area contributed by atoms with Crippen molar-refractivity contribution in [1.82, 2.24) is 4.98 Å². The van der Waals surface area contributed by atoms with Gasteiger partial charge in [-0.3, -0.25) is 0 Å². The molecule has 0 atom stereocenters. The van der Waals surface area contributed by atoms with Crippen molar-refractivity contribution in [3.63, 3.8) is 0 Å². The van der Waals surface area contributed by atoms with Gasteiger partial charge in [0, 0.05) is 7.11 Å². The van der Waals surface area contributed by atoms with Gasteiger partial charge in [-0.1, -0.05) is 6.92 Å². The van der Waals surface area contributed by atoms with Crippen LogP contribution in [0.15, 0.2) is 0 Å². The molecule has 0 rings (SSSR count). The van der Waals surface area contributed by atoms with Crippen LogP contribution in [0.2, 0.25) is 0 Å². The van der Waals surface area contributed by atoms with Gasteiger partial charge in [0.05, 0.1) is 0 Å². The zero-order valence-electron chi connectivity index (χ0n) is 4.82. The largest absolute Gasteiger partial charge is 0.406 e. The highest BCUT2D eigenvalue weighted by Crippen LogP contribution is 1.65.